The van der Waals surface area contributed by atoms with Crippen LogP contribution in [0.5, 0.6) is 0 Å². The Labute approximate surface area is 80.2 Å². The molecule has 0 aliphatic carbocycles. The monoisotopic (exact) mass is 210 g/mol. The molecule has 0 spiro atoms. The molecule has 84 valence electrons. The Kier molecular flexibility index (Phi) is 10.8. The second kappa shape index (κ2) is 9.90. The van der Waals surface area contributed by atoms with Gasteiger partial charge in [0.25, 0.3) is 0 Å². The average molecular weight is 210 g/mol. The van der Waals surface area contributed by atoms with Gasteiger partial charge in [-0.15, -0.1) is 0 Å². The Hall–Kier alpha value is -1.18. The van der Waals surface area contributed by atoms with Gasteiger partial charge in [-0.1, -0.05) is 0 Å². The molecule has 0 unspecified atom stereocenters. The van der Waals surface area contributed by atoms with E-state index < -0.39 is 18.0 Å². The highest BCUT2D eigenvalue weighted by atomic mass is 16.4. The lowest BCUT2D eigenvalue weighted by atomic mass is 10.3. The first-order chi connectivity index (χ1) is 6.43. The van der Waals surface area contributed by atoms with Crippen LogP contribution in [-0.2, 0) is 9.59 Å². The third-order valence-corrected chi connectivity index (χ3v) is 0.974. The first kappa shape index (κ1) is 15.3. The first-order valence-electron chi connectivity index (χ1n) is 3.77. The third kappa shape index (κ3) is 17.1. The molecule has 0 fully saturated rings. The number of aliphatic hydroxyl groups excluding tert-OH is 3. The summed E-state index contributed by atoms with van der Waals surface area (Å²) in [6.07, 6.45) is -1.55. The molecule has 14 heavy (non-hydrogen) atoms. The lowest BCUT2D eigenvalue weighted by molar-refractivity contribution is -0.143. The van der Waals surface area contributed by atoms with Crippen molar-refractivity contribution in [2.45, 2.75) is 18.9 Å². The number of carbonyl (C=O) groups is 2. The Balaban J connectivity index is 0. The minimum Gasteiger partial charge on any atom is -0.481 e. The molecule has 0 saturated carbocycles. The van der Waals surface area contributed by atoms with E-state index in [4.69, 9.17) is 25.5 Å². The number of hydrogen-bond donors (Lipinski definition) is 5. The van der Waals surface area contributed by atoms with Gasteiger partial charge in [0, 0.05) is 0 Å². The maximum atomic E-state index is 9.64. The molecule has 0 rings (SSSR count). The fraction of sp³-hybridized carbons (Fsp3) is 0.714. The van der Waals surface area contributed by atoms with Crippen LogP contribution < -0.4 is 0 Å². The Morgan fingerprint density at radius 2 is 1.21 bits per heavy atom. The summed E-state index contributed by atoms with van der Waals surface area (Å²) in [6.45, 7) is -0.729. The summed E-state index contributed by atoms with van der Waals surface area (Å²) in [5.41, 5.74) is 0. The van der Waals surface area contributed by atoms with Crippen LogP contribution >= 0.6 is 0 Å². The molecule has 7 nitrogen and oxygen atoms in total. The van der Waals surface area contributed by atoms with E-state index >= 15 is 0 Å². The van der Waals surface area contributed by atoms with E-state index in [0.29, 0.717) is 0 Å². The van der Waals surface area contributed by atoms with E-state index in [1.165, 1.54) is 0 Å². The molecule has 0 atom stereocenters. The number of rotatable bonds is 5. The third-order valence-electron chi connectivity index (χ3n) is 0.974. The minimum atomic E-state index is -1.08. The maximum absolute atomic E-state index is 9.64. The van der Waals surface area contributed by atoms with Gasteiger partial charge in [0.1, 0.15) is 6.10 Å². The standard InChI is InChI=1S/C4H6O4.C3H8O3/c5-3(6)1-2-4(7)8;4-1-3(6)2-5/h1-2H2,(H,5,6)(H,7,8);3-6H,1-2H2. The van der Waals surface area contributed by atoms with Gasteiger partial charge < -0.3 is 25.5 Å². The second-order valence-electron chi connectivity index (χ2n) is 2.31. The van der Waals surface area contributed by atoms with Gasteiger partial charge in [-0.2, -0.15) is 0 Å². The van der Waals surface area contributed by atoms with Crippen molar-refractivity contribution in [2.75, 3.05) is 13.2 Å². The van der Waals surface area contributed by atoms with Crippen molar-refractivity contribution >= 4 is 11.9 Å². The molecule has 0 bridgehead atoms. The number of carboxylic acids is 2. The molecule has 0 aromatic rings. The van der Waals surface area contributed by atoms with Gasteiger partial charge in [-0.3, -0.25) is 9.59 Å². The van der Waals surface area contributed by atoms with Crippen LogP contribution in [0, 0.1) is 0 Å². The zero-order chi connectivity index (χ0) is 11.6. The summed E-state index contributed by atoms with van der Waals surface area (Å²) in [6, 6.07) is 0. The van der Waals surface area contributed by atoms with Gasteiger partial charge in [0.05, 0.1) is 26.1 Å². The van der Waals surface area contributed by atoms with E-state index in [1.54, 1.807) is 0 Å². The smallest absolute Gasteiger partial charge is 0.303 e. The van der Waals surface area contributed by atoms with Gasteiger partial charge in [0.15, 0.2) is 0 Å². The van der Waals surface area contributed by atoms with Gasteiger partial charge in [-0.05, 0) is 0 Å². The average Bonchev–Trinajstić information content (AvgIpc) is 2.14. The van der Waals surface area contributed by atoms with Gasteiger partial charge in [-0.25, -0.2) is 0 Å². The van der Waals surface area contributed by atoms with Crippen LogP contribution in [0.15, 0.2) is 0 Å². The van der Waals surface area contributed by atoms with Crippen molar-refractivity contribution in [3.8, 4) is 0 Å². The van der Waals surface area contributed by atoms with Crippen LogP contribution in [0.3, 0.4) is 0 Å². The van der Waals surface area contributed by atoms with E-state index in [9.17, 15) is 9.59 Å². The van der Waals surface area contributed by atoms with Crippen LogP contribution in [0.1, 0.15) is 12.8 Å². The van der Waals surface area contributed by atoms with Crippen LogP contribution in [0.4, 0.5) is 0 Å². The summed E-state index contributed by atoms with van der Waals surface area (Å²) in [5, 5.41) is 39.8. The summed E-state index contributed by atoms with van der Waals surface area (Å²) >= 11 is 0. The lowest BCUT2D eigenvalue weighted by Gasteiger charge is -1.96. The summed E-state index contributed by atoms with van der Waals surface area (Å²) < 4.78 is 0. The van der Waals surface area contributed by atoms with Crippen molar-refractivity contribution in [1.29, 1.82) is 0 Å². The summed E-state index contributed by atoms with van der Waals surface area (Å²) in [7, 11) is 0. The van der Waals surface area contributed by atoms with E-state index in [2.05, 4.69) is 0 Å². The predicted molar refractivity (Wildman–Crippen MR) is 44.7 cm³/mol. The molecule has 0 aliphatic heterocycles. The highest BCUT2D eigenvalue weighted by molar-refractivity contribution is 5.75. The Morgan fingerprint density at radius 3 is 1.29 bits per heavy atom. The van der Waals surface area contributed by atoms with Crippen molar-refractivity contribution in [1.82, 2.24) is 0 Å². The lowest BCUT2D eigenvalue weighted by Crippen LogP contribution is -2.15. The maximum Gasteiger partial charge on any atom is 0.303 e. The molecular weight excluding hydrogens is 196 g/mol. The largest absolute Gasteiger partial charge is 0.481 e. The van der Waals surface area contributed by atoms with E-state index in [-0.39, 0.29) is 26.1 Å². The normalized spacial score (nSPS) is 9.14. The molecule has 0 aliphatic rings. The van der Waals surface area contributed by atoms with E-state index in [0.717, 1.165) is 0 Å². The fourth-order valence-electron chi connectivity index (χ4n) is 0.272. The summed E-state index contributed by atoms with van der Waals surface area (Å²) in [4.78, 5) is 19.3. The molecule has 7 heteroatoms. The second-order valence-corrected chi connectivity index (χ2v) is 2.31. The van der Waals surface area contributed by atoms with Crippen LogP contribution in [0.2, 0.25) is 0 Å². The molecule has 5 N–H and O–H groups in total. The summed E-state index contributed by atoms with van der Waals surface area (Å²) in [5.74, 6) is -2.15. The molecule has 0 saturated heterocycles. The number of aliphatic hydroxyl groups is 3. The highest BCUT2D eigenvalue weighted by Gasteiger charge is 2.00. The predicted octanol–water partition coefficient (Wildman–Crippen LogP) is -1.73. The number of aliphatic carboxylic acids is 2. The molecule has 0 radical (unpaired) electrons. The molecule has 0 aromatic carbocycles. The molecular formula is C7H14O7. The van der Waals surface area contributed by atoms with Crippen molar-refractivity contribution in [2.24, 2.45) is 0 Å². The van der Waals surface area contributed by atoms with Crippen molar-refractivity contribution < 1.29 is 35.1 Å². The van der Waals surface area contributed by atoms with Crippen LogP contribution in [0.25, 0.3) is 0 Å². The topological polar surface area (TPSA) is 135 Å². The zero-order valence-corrected chi connectivity index (χ0v) is 7.46. The first-order valence-corrected chi connectivity index (χ1v) is 3.77. The Bertz CT molecular complexity index is 149. The van der Waals surface area contributed by atoms with Crippen LogP contribution in [-0.4, -0.2) is 56.8 Å². The quantitative estimate of drug-likeness (QED) is 0.363. The number of hydrogen-bond acceptors (Lipinski definition) is 5. The zero-order valence-electron chi connectivity index (χ0n) is 7.46. The van der Waals surface area contributed by atoms with Gasteiger partial charge >= 0.3 is 11.9 Å². The van der Waals surface area contributed by atoms with Gasteiger partial charge in [0.2, 0.25) is 0 Å². The molecule has 0 amide bonds. The van der Waals surface area contributed by atoms with E-state index in [1.807, 2.05) is 0 Å². The molecule has 0 aromatic heterocycles. The minimum absolute atomic E-state index is 0.296. The van der Waals surface area contributed by atoms with Crippen molar-refractivity contribution in [3.63, 3.8) is 0 Å². The molecule has 0 heterocycles. The van der Waals surface area contributed by atoms with Crippen molar-refractivity contribution in [3.05, 3.63) is 0 Å². The fourth-order valence-corrected chi connectivity index (χ4v) is 0.272. The number of carboxylic acid groups (broad SMARTS) is 2. The highest BCUT2D eigenvalue weighted by Crippen LogP contribution is 1.86. The SMILES string of the molecule is O=C(O)CCC(=O)O.OCC(O)CO. The Morgan fingerprint density at radius 1 is 0.929 bits per heavy atom.